The molecule has 0 bridgehead atoms. The van der Waals surface area contributed by atoms with Crippen LogP contribution in [0.3, 0.4) is 0 Å². The molecule has 1 N–H and O–H groups in total. The lowest BCUT2D eigenvalue weighted by molar-refractivity contribution is 0.501. The van der Waals surface area contributed by atoms with Gasteiger partial charge in [0.15, 0.2) is 0 Å². The van der Waals surface area contributed by atoms with Crippen molar-refractivity contribution in [1.29, 1.82) is 0 Å². The van der Waals surface area contributed by atoms with Gasteiger partial charge in [0.2, 0.25) is 0 Å². The average molecular weight is 290 g/mol. The summed E-state index contributed by atoms with van der Waals surface area (Å²) >= 11 is 5.46. The first-order valence-electron chi connectivity index (χ1n) is 5.68. The van der Waals surface area contributed by atoms with Crippen molar-refractivity contribution in [1.82, 2.24) is 5.32 Å². The third-order valence-corrected chi connectivity index (χ3v) is 4.77. The van der Waals surface area contributed by atoms with Crippen molar-refractivity contribution in [3.05, 3.63) is 20.3 Å². The lowest BCUT2D eigenvalue weighted by atomic mass is 10.1. The quantitative estimate of drug-likeness (QED) is 0.803. The molecule has 0 aliphatic heterocycles. The molecular formula is C12H20BrNS. The predicted molar refractivity (Wildman–Crippen MR) is 72.7 cm³/mol. The van der Waals surface area contributed by atoms with Crippen LogP contribution in [0.25, 0.3) is 0 Å². The molecule has 1 rings (SSSR count). The standard InChI is InChI=1S/C12H20BrNS/c1-4-6-7-10(14-5-2)11-8-9(3)12(13)15-11/h8,10,14H,4-7H2,1-3H3. The lowest BCUT2D eigenvalue weighted by Crippen LogP contribution is -2.19. The summed E-state index contributed by atoms with van der Waals surface area (Å²) in [6.07, 6.45) is 3.82. The van der Waals surface area contributed by atoms with E-state index < -0.39 is 0 Å². The van der Waals surface area contributed by atoms with Gasteiger partial charge in [-0.2, -0.15) is 0 Å². The molecule has 0 aliphatic carbocycles. The smallest absolute Gasteiger partial charge is 0.0731 e. The second kappa shape index (κ2) is 6.66. The molecule has 1 nitrogen and oxygen atoms in total. The Hall–Kier alpha value is 0.140. The van der Waals surface area contributed by atoms with Crippen LogP contribution in [0.2, 0.25) is 0 Å². The summed E-state index contributed by atoms with van der Waals surface area (Å²) in [4.78, 5) is 1.47. The minimum atomic E-state index is 0.546. The van der Waals surface area contributed by atoms with E-state index in [0.717, 1.165) is 6.54 Å². The van der Waals surface area contributed by atoms with Crippen molar-refractivity contribution in [2.75, 3.05) is 6.54 Å². The fourth-order valence-electron chi connectivity index (χ4n) is 1.65. The summed E-state index contributed by atoms with van der Waals surface area (Å²) in [6, 6.07) is 2.85. The molecule has 1 aromatic heterocycles. The van der Waals surface area contributed by atoms with Crippen molar-refractivity contribution in [3.63, 3.8) is 0 Å². The Bertz CT molecular complexity index is 276. The molecule has 0 amide bonds. The molecule has 0 saturated heterocycles. The second-order valence-corrected chi connectivity index (χ2v) is 6.26. The molecule has 0 spiro atoms. The van der Waals surface area contributed by atoms with Gasteiger partial charge >= 0.3 is 0 Å². The van der Waals surface area contributed by atoms with E-state index in [4.69, 9.17) is 0 Å². The summed E-state index contributed by atoms with van der Waals surface area (Å²) in [5.74, 6) is 0. The highest BCUT2D eigenvalue weighted by Crippen LogP contribution is 2.33. The molecule has 3 heteroatoms. The van der Waals surface area contributed by atoms with Gasteiger partial charge in [0.25, 0.3) is 0 Å². The van der Waals surface area contributed by atoms with Crippen molar-refractivity contribution >= 4 is 27.3 Å². The fraction of sp³-hybridized carbons (Fsp3) is 0.667. The Morgan fingerprint density at radius 2 is 2.20 bits per heavy atom. The van der Waals surface area contributed by atoms with E-state index in [0.29, 0.717) is 6.04 Å². The number of aryl methyl sites for hydroxylation is 1. The molecule has 1 atom stereocenters. The van der Waals surface area contributed by atoms with Crippen LogP contribution in [0.15, 0.2) is 9.85 Å². The van der Waals surface area contributed by atoms with Gasteiger partial charge in [0.1, 0.15) is 0 Å². The van der Waals surface area contributed by atoms with Crippen LogP contribution in [-0.4, -0.2) is 6.54 Å². The highest BCUT2D eigenvalue weighted by Gasteiger charge is 2.13. The van der Waals surface area contributed by atoms with Crippen LogP contribution in [0.4, 0.5) is 0 Å². The highest BCUT2D eigenvalue weighted by molar-refractivity contribution is 9.11. The van der Waals surface area contributed by atoms with Crippen LogP contribution >= 0.6 is 27.3 Å². The number of hydrogen-bond donors (Lipinski definition) is 1. The van der Waals surface area contributed by atoms with Gasteiger partial charge in [0, 0.05) is 10.9 Å². The van der Waals surface area contributed by atoms with Crippen molar-refractivity contribution in [2.24, 2.45) is 0 Å². The molecule has 0 radical (unpaired) electrons. The fourth-order valence-corrected chi connectivity index (χ4v) is 3.34. The van der Waals surface area contributed by atoms with Gasteiger partial charge in [-0.25, -0.2) is 0 Å². The first-order chi connectivity index (χ1) is 7.19. The second-order valence-electron chi connectivity index (χ2n) is 3.86. The molecule has 1 aromatic rings. The Labute approximate surface area is 105 Å². The summed E-state index contributed by atoms with van der Waals surface area (Å²) < 4.78 is 1.27. The summed E-state index contributed by atoms with van der Waals surface area (Å²) in [5, 5.41) is 3.56. The van der Waals surface area contributed by atoms with Crippen LogP contribution in [0.5, 0.6) is 0 Å². The number of thiophene rings is 1. The van der Waals surface area contributed by atoms with Gasteiger partial charge in [-0.05, 0) is 47.4 Å². The molecule has 0 aromatic carbocycles. The van der Waals surface area contributed by atoms with Crippen molar-refractivity contribution in [2.45, 2.75) is 46.1 Å². The normalized spacial score (nSPS) is 13.1. The van der Waals surface area contributed by atoms with Gasteiger partial charge < -0.3 is 5.32 Å². The first-order valence-corrected chi connectivity index (χ1v) is 7.29. The molecule has 0 aliphatic rings. The van der Waals surface area contributed by atoms with Crippen LogP contribution in [0.1, 0.15) is 49.6 Å². The van der Waals surface area contributed by atoms with Gasteiger partial charge in [-0.15, -0.1) is 11.3 Å². The third kappa shape index (κ3) is 3.89. The molecule has 1 heterocycles. The van der Waals surface area contributed by atoms with E-state index in [1.54, 1.807) is 0 Å². The minimum absolute atomic E-state index is 0.546. The molecule has 86 valence electrons. The van der Waals surface area contributed by atoms with E-state index in [1.165, 1.54) is 33.5 Å². The molecular weight excluding hydrogens is 270 g/mol. The topological polar surface area (TPSA) is 12.0 Å². The van der Waals surface area contributed by atoms with Crippen molar-refractivity contribution < 1.29 is 0 Å². The lowest BCUT2D eigenvalue weighted by Gasteiger charge is -2.15. The zero-order valence-corrected chi connectivity index (χ0v) is 12.2. The van der Waals surface area contributed by atoms with E-state index in [1.807, 2.05) is 11.3 Å². The zero-order chi connectivity index (χ0) is 11.3. The predicted octanol–water partition coefficient (Wildman–Crippen LogP) is 4.66. The van der Waals surface area contributed by atoms with E-state index in [2.05, 4.69) is 48.1 Å². The minimum Gasteiger partial charge on any atom is -0.310 e. The van der Waals surface area contributed by atoms with Gasteiger partial charge in [-0.3, -0.25) is 0 Å². The summed E-state index contributed by atoms with van der Waals surface area (Å²) in [7, 11) is 0. The largest absolute Gasteiger partial charge is 0.310 e. The maximum atomic E-state index is 3.59. The number of nitrogens with one attached hydrogen (secondary N) is 1. The Kier molecular flexibility index (Phi) is 5.87. The van der Waals surface area contributed by atoms with Crippen molar-refractivity contribution in [3.8, 4) is 0 Å². The average Bonchev–Trinajstić information content (AvgIpc) is 2.54. The number of unbranched alkanes of at least 4 members (excludes halogenated alkanes) is 1. The first kappa shape index (κ1) is 13.2. The zero-order valence-electron chi connectivity index (χ0n) is 9.77. The van der Waals surface area contributed by atoms with Gasteiger partial charge in [0.05, 0.1) is 3.79 Å². The molecule has 0 saturated carbocycles. The number of halogens is 1. The van der Waals surface area contributed by atoms with Gasteiger partial charge in [-0.1, -0.05) is 26.7 Å². The Balaban J connectivity index is 2.69. The molecule has 0 fully saturated rings. The summed E-state index contributed by atoms with van der Waals surface area (Å²) in [6.45, 7) is 7.63. The SMILES string of the molecule is CCCCC(NCC)c1cc(C)c(Br)s1. The van der Waals surface area contributed by atoms with E-state index in [-0.39, 0.29) is 0 Å². The monoisotopic (exact) mass is 289 g/mol. The Morgan fingerprint density at radius 3 is 2.67 bits per heavy atom. The maximum absolute atomic E-state index is 3.59. The van der Waals surface area contributed by atoms with E-state index in [9.17, 15) is 0 Å². The third-order valence-electron chi connectivity index (χ3n) is 2.52. The van der Waals surface area contributed by atoms with Crippen LogP contribution in [-0.2, 0) is 0 Å². The highest BCUT2D eigenvalue weighted by atomic mass is 79.9. The summed E-state index contributed by atoms with van der Waals surface area (Å²) in [5.41, 5.74) is 1.36. The van der Waals surface area contributed by atoms with Crippen LogP contribution in [0, 0.1) is 6.92 Å². The number of rotatable bonds is 6. The maximum Gasteiger partial charge on any atom is 0.0731 e. The molecule has 1 unspecified atom stereocenters. The number of hydrogen-bond acceptors (Lipinski definition) is 2. The van der Waals surface area contributed by atoms with Crippen LogP contribution < -0.4 is 5.32 Å². The molecule has 15 heavy (non-hydrogen) atoms. The Morgan fingerprint density at radius 1 is 1.47 bits per heavy atom. The van der Waals surface area contributed by atoms with E-state index >= 15 is 0 Å².